The zero-order valence-electron chi connectivity index (χ0n) is 13.2. The number of ether oxygens (including phenoxy) is 3. The van der Waals surface area contributed by atoms with Crippen LogP contribution in [0, 0.1) is 11.8 Å². The summed E-state index contributed by atoms with van der Waals surface area (Å²) in [4.78, 5) is 0. The lowest BCUT2D eigenvalue weighted by Gasteiger charge is -2.19. The Hall–Kier alpha value is -1.26. The Labute approximate surface area is 127 Å². The zero-order valence-corrected chi connectivity index (χ0v) is 13.2. The van der Waals surface area contributed by atoms with Gasteiger partial charge in [-0.05, 0) is 36.5 Å². The predicted molar refractivity (Wildman–Crippen MR) is 81.5 cm³/mol. The highest BCUT2D eigenvalue weighted by Crippen LogP contribution is 2.32. The van der Waals surface area contributed by atoms with Crippen LogP contribution in [0.3, 0.4) is 0 Å². The molecular formula is C17H26O4. The van der Waals surface area contributed by atoms with Crippen LogP contribution in [-0.4, -0.2) is 24.6 Å². The van der Waals surface area contributed by atoms with Crippen molar-refractivity contribution in [2.45, 2.75) is 46.3 Å². The van der Waals surface area contributed by atoms with Crippen molar-refractivity contribution in [1.82, 2.24) is 0 Å². The molecular weight excluding hydrogens is 268 g/mol. The van der Waals surface area contributed by atoms with E-state index in [0.29, 0.717) is 25.9 Å². The first-order chi connectivity index (χ1) is 10.1. The molecule has 21 heavy (non-hydrogen) atoms. The van der Waals surface area contributed by atoms with Crippen LogP contribution in [0.4, 0.5) is 0 Å². The maximum Gasteiger partial charge on any atom is 0.231 e. The summed E-state index contributed by atoms with van der Waals surface area (Å²) in [5.41, 5.74) is 1.06. The van der Waals surface area contributed by atoms with E-state index in [-0.39, 0.29) is 12.0 Å². The normalized spacial score (nSPS) is 16.2. The standard InChI is InChI=1S/C17H26O4/c1-12(2)4-6-15(18)13(3)9-19-10-14-5-7-16-17(8-14)21-11-20-16/h5,7-8,12-13,15,18H,4,6,9-11H2,1-3H3/t13-,15-/m0/s1. The maximum absolute atomic E-state index is 10.1. The summed E-state index contributed by atoms with van der Waals surface area (Å²) < 4.78 is 16.3. The molecule has 0 radical (unpaired) electrons. The summed E-state index contributed by atoms with van der Waals surface area (Å²) in [5.74, 6) is 2.34. The molecule has 0 aliphatic carbocycles. The molecule has 4 heteroatoms. The fourth-order valence-corrected chi connectivity index (χ4v) is 2.29. The monoisotopic (exact) mass is 294 g/mol. The van der Waals surface area contributed by atoms with Crippen LogP contribution in [0.1, 0.15) is 39.2 Å². The van der Waals surface area contributed by atoms with Gasteiger partial charge in [0.1, 0.15) is 0 Å². The van der Waals surface area contributed by atoms with Crippen LogP contribution < -0.4 is 9.47 Å². The highest BCUT2D eigenvalue weighted by atomic mass is 16.7. The third-order valence-electron chi connectivity index (χ3n) is 3.78. The highest BCUT2D eigenvalue weighted by Gasteiger charge is 2.16. The molecule has 0 amide bonds. The Kier molecular flexibility index (Phi) is 5.88. The topological polar surface area (TPSA) is 47.9 Å². The van der Waals surface area contributed by atoms with Crippen LogP contribution in [0.25, 0.3) is 0 Å². The number of hydrogen-bond donors (Lipinski definition) is 1. The third kappa shape index (κ3) is 4.90. The van der Waals surface area contributed by atoms with E-state index in [1.54, 1.807) is 0 Å². The summed E-state index contributed by atoms with van der Waals surface area (Å²) in [7, 11) is 0. The Morgan fingerprint density at radius 2 is 1.90 bits per heavy atom. The Morgan fingerprint density at radius 3 is 2.67 bits per heavy atom. The van der Waals surface area contributed by atoms with E-state index in [0.717, 1.165) is 29.9 Å². The van der Waals surface area contributed by atoms with Crippen LogP contribution in [-0.2, 0) is 11.3 Å². The van der Waals surface area contributed by atoms with Crippen molar-refractivity contribution in [1.29, 1.82) is 0 Å². The minimum Gasteiger partial charge on any atom is -0.454 e. The van der Waals surface area contributed by atoms with Crippen molar-refractivity contribution in [3.8, 4) is 11.5 Å². The molecule has 118 valence electrons. The summed E-state index contributed by atoms with van der Waals surface area (Å²) in [5, 5.41) is 10.1. The molecule has 1 heterocycles. The molecule has 0 saturated carbocycles. The first-order valence-electron chi connectivity index (χ1n) is 7.70. The van der Waals surface area contributed by atoms with Gasteiger partial charge in [0.15, 0.2) is 11.5 Å². The number of benzene rings is 1. The molecule has 0 aromatic heterocycles. The molecule has 2 atom stereocenters. The molecule has 1 N–H and O–H groups in total. The van der Waals surface area contributed by atoms with Crippen molar-refractivity contribution < 1.29 is 19.3 Å². The Morgan fingerprint density at radius 1 is 1.14 bits per heavy atom. The van der Waals surface area contributed by atoms with Gasteiger partial charge in [-0.15, -0.1) is 0 Å². The Bertz CT molecular complexity index is 444. The van der Waals surface area contributed by atoms with Crippen LogP contribution in [0.5, 0.6) is 11.5 Å². The molecule has 1 aromatic carbocycles. The molecule has 1 aromatic rings. The van der Waals surface area contributed by atoms with Crippen LogP contribution >= 0.6 is 0 Å². The second-order valence-corrected chi connectivity index (χ2v) is 6.22. The van der Waals surface area contributed by atoms with E-state index in [1.165, 1.54) is 0 Å². The van der Waals surface area contributed by atoms with Gasteiger partial charge < -0.3 is 19.3 Å². The van der Waals surface area contributed by atoms with Gasteiger partial charge in [-0.1, -0.05) is 26.8 Å². The van der Waals surface area contributed by atoms with Gasteiger partial charge in [0.2, 0.25) is 6.79 Å². The predicted octanol–water partition coefficient (Wildman–Crippen LogP) is 3.37. The maximum atomic E-state index is 10.1. The smallest absolute Gasteiger partial charge is 0.231 e. The average Bonchev–Trinajstić information content (AvgIpc) is 2.92. The van der Waals surface area contributed by atoms with E-state index < -0.39 is 0 Å². The molecule has 0 saturated heterocycles. The number of aliphatic hydroxyl groups is 1. The molecule has 1 aliphatic rings. The van der Waals surface area contributed by atoms with Gasteiger partial charge in [0.05, 0.1) is 19.3 Å². The Balaban J connectivity index is 1.71. The van der Waals surface area contributed by atoms with Gasteiger partial charge in [-0.2, -0.15) is 0 Å². The molecule has 0 unspecified atom stereocenters. The van der Waals surface area contributed by atoms with Crippen molar-refractivity contribution in [3.05, 3.63) is 23.8 Å². The average molecular weight is 294 g/mol. The second kappa shape index (κ2) is 7.66. The van der Waals surface area contributed by atoms with Crippen molar-refractivity contribution in [2.24, 2.45) is 11.8 Å². The second-order valence-electron chi connectivity index (χ2n) is 6.22. The van der Waals surface area contributed by atoms with Gasteiger partial charge in [-0.3, -0.25) is 0 Å². The molecule has 0 fully saturated rings. The summed E-state index contributed by atoms with van der Waals surface area (Å²) in [6, 6.07) is 5.83. The van der Waals surface area contributed by atoms with Crippen molar-refractivity contribution >= 4 is 0 Å². The number of hydrogen-bond acceptors (Lipinski definition) is 4. The molecule has 0 spiro atoms. The first-order valence-corrected chi connectivity index (χ1v) is 7.70. The molecule has 0 bridgehead atoms. The summed E-state index contributed by atoms with van der Waals surface area (Å²) in [6.45, 7) is 7.76. The number of fused-ring (bicyclic) bond motifs is 1. The lowest BCUT2D eigenvalue weighted by atomic mass is 9.97. The van der Waals surface area contributed by atoms with Gasteiger partial charge in [0, 0.05) is 5.92 Å². The van der Waals surface area contributed by atoms with Gasteiger partial charge >= 0.3 is 0 Å². The minimum absolute atomic E-state index is 0.151. The van der Waals surface area contributed by atoms with E-state index in [1.807, 2.05) is 25.1 Å². The van der Waals surface area contributed by atoms with Crippen LogP contribution in [0.15, 0.2) is 18.2 Å². The van der Waals surface area contributed by atoms with E-state index in [2.05, 4.69) is 13.8 Å². The van der Waals surface area contributed by atoms with E-state index >= 15 is 0 Å². The SMILES string of the molecule is CC(C)CC[C@H](O)[C@@H](C)COCc1ccc2c(c1)OCO2. The number of rotatable bonds is 8. The largest absolute Gasteiger partial charge is 0.454 e. The molecule has 4 nitrogen and oxygen atoms in total. The zero-order chi connectivity index (χ0) is 15.2. The fraction of sp³-hybridized carbons (Fsp3) is 0.647. The van der Waals surface area contributed by atoms with Crippen molar-refractivity contribution in [3.63, 3.8) is 0 Å². The number of aliphatic hydroxyl groups excluding tert-OH is 1. The fourth-order valence-electron chi connectivity index (χ4n) is 2.29. The van der Waals surface area contributed by atoms with Gasteiger partial charge in [0.25, 0.3) is 0 Å². The summed E-state index contributed by atoms with van der Waals surface area (Å²) >= 11 is 0. The highest BCUT2D eigenvalue weighted by molar-refractivity contribution is 5.44. The lowest BCUT2D eigenvalue weighted by molar-refractivity contribution is 0.0230. The van der Waals surface area contributed by atoms with Crippen LogP contribution in [0.2, 0.25) is 0 Å². The first kappa shape index (κ1) is 16.1. The lowest BCUT2D eigenvalue weighted by Crippen LogP contribution is -2.22. The molecule has 2 rings (SSSR count). The quantitative estimate of drug-likeness (QED) is 0.798. The van der Waals surface area contributed by atoms with E-state index in [9.17, 15) is 5.11 Å². The molecule has 1 aliphatic heterocycles. The van der Waals surface area contributed by atoms with E-state index in [4.69, 9.17) is 14.2 Å². The summed E-state index contributed by atoms with van der Waals surface area (Å²) in [6.07, 6.45) is 1.60. The van der Waals surface area contributed by atoms with Crippen molar-refractivity contribution in [2.75, 3.05) is 13.4 Å². The van der Waals surface area contributed by atoms with Gasteiger partial charge in [-0.25, -0.2) is 0 Å². The minimum atomic E-state index is -0.288. The third-order valence-corrected chi connectivity index (χ3v) is 3.78.